The van der Waals surface area contributed by atoms with Crippen molar-refractivity contribution in [3.63, 3.8) is 0 Å². The maximum Gasteiger partial charge on any atom is -0.172 e. The summed E-state index contributed by atoms with van der Waals surface area (Å²) in [6, 6.07) is 50.0. The van der Waals surface area contributed by atoms with Crippen LogP contribution in [0.1, 0.15) is 74.9 Å². The third-order valence-corrected chi connectivity index (χ3v) is 11.3. The molecule has 0 aromatic heterocycles. The summed E-state index contributed by atoms with van der Waals surface area (Å²) in [4.78, 5) is 0. The van der Waals surface area contributed by atoms with E-state index in [4.69, 9.17) is 23.2 Å². The number of hydrogen-bond acceptors (Lipinski definition) is 0. The maximum absolute atomic E-state index is 6.38. The number of benzene rings is 6. The van der Waals surface area contributed by atoms with E-state index in [1.807, 2.05) is 54.6 Å². The van der Waals surface area contributed by atoms with E-state index in [1.54, 1.807) is 0 Å². The number of hydrogen-bond donors (Lipinski definition) is 0. The van der Waals surface area contributed by atoms with E-state index in [1.165, 1.54) is 82.7 Å². The summed E-state index contributed by atoms with van der Waals surface area (Å²) in [6.45, 7) is 13.6. The molecule has 0 aliphatic heterocycles. The van der Waals surface area contributed by atoms with E-state index in [0.29, 0.717) is 0 Å². The van der Waals surface area contributed by atoms with Crippen molar-refractivity contribution in [2.24, 2.45) is 0 Å². The summed E-state index contributed by atoms with van der Waals surface area (Å²) in [7, 11) is 0. The number of halogens is 4. The molecule has 0 heterocycles. The Labute approximate surface area is 347 Å². The van der Waals surface area contributed by atoms with Crippen LogP contribution in [-0.2, 0) is 41.5 Å². The zero-order valence-electron chi connectivity index (χ0n) is 30.4. The summed E-state index contributed by atoms with van der Waals surface area (Å²) in [5, 5.41) is 6.15. The Bertz CT molecular complexity index is 2140. The van der Waals surface area contributed by atoms with Gasteiger partial charge in [-0.1, -0.05) is 65.3 Å². The molecule has 7 aromatic carbocycles. The van der Waals surface area contributed by atoms with Gasteiger partial charge in [0.15, 0.2) is 0 Å². The van der Waals surface area contributed by atoms with Gasteiger partial charge in [0.2, 0.25) is 0 Å². The molecule has 1 aliphatic rings. The summed E-state index contributed by atoms with van der Waals surface area (Å²) in [5.41, 5.74) is 11.2. The van der Waals surface area contributed by atoms with Crippen molar-refractivity contribution in [3.8, 4) is 11.1 Å². The molecule has 0 bridgehead atoms. The Balaban J connectivity index is 0.000000199. The van der Waals surface area contributed by atoms with Gasteiger partial charge in [-0.05, 0) is 28.4 Å². The van der Waals surface area contributed by atoms with Crippen LogP contribution >= 0.6 is 23.2 Å². The van der Waals surface area contributed by atoms with Crippen LogP contribution in [0.3, 0.4) is 0 Å². The van der Waals surface area contributed by atoms with Gasteiger partial charge < -0.3 is 24.8 Å². The molecule has 0 amide bonds. The first-order valence-electron chi connectivity index (χ1n) is 17.1. The third-order valence-electron chi connectivity index (χ3n) is 9.30. The molecule has 0 atom stereocenters. The van der Waals surface area contributed by atoms with E-state index >= 15 is 0 Å². The Morgan fingerprint density at radius 3 is 1.58 bits per heavy atom. The Kier molecular flexibility index (Phi) is 14.1. The largest absolute Gasteiger partial charge is 1.00 e. The standard InChI is InChI=1S/C21H12Cl2.C21H25.C5H5.2ClH.Zr/c22-20-11-3-7-16-14(5-1-9-18(16)20)13-15-6-2-10-19-17(15)8-4-12-21(19)23;1-20(2,3)16-7-9-18-14(12-16)11-15-13-17(21(4,5)6)8-10-19(15)18;1-2-4-5-3-1;;;/h1-12H;7-10,12H,11H2,1-6H3;1-5H;2*1H;/q;2*-1;;;+2/p-2. The topological polar surface area (TPSA) is 0 Å². The quantitative estimate of drug-likeness (QED) is 0.159. The molecule has 0 unspecified atom stereocenters. The van der Waals surface area contributed by atoms with E-state index in [2.05, 4.69) is 126 Å². The third kappa shape index (κ3) is 9.24. The number of fused-ring (bicyclic) bond motifs is 5. The van der Waals surface area contributed by atoms with Crippen LogP contribution < -0.4 is 24.8 Å². The molecular weight excluding hydrogens is 798 g/mol. The second-order valence-electron chi connectivity index (χ2n) is 14.9. The molecule has 0 fully saturated rings. The van der Waals surface area contributed by atoms with Gasteiger partial charge in [0.25, 0.3) is 0 Å². The summed E-state index contributed by atoms with van der Waals surface area (Å²) in [5.74, 6) is 0. The minimum atomic E-state index is 0. The Morgan fingerprint density at radius 1 is 0.596 bits per heavy atom. The minimum absolute atomic E-state index is 0. The molecule has 0 radical (unpaired) electrons. The van der Waals surface area contributed by atoms with Crippen LogP contribution in [0.4, 0.5) is 0 Å². The van der Waals surface area contributed by atoms with E-state index in [9.17, 15) is 0 Å². The van der Waals surface area contributed by atoms with Gasteiger partial charge >= 0.3 is 166 Å². The van der Waals surface area contributed by atoms with Crippen LogP contribution in [-0.4, -0.2) is 3.21 Å². The Hall–Kier alpha value is -2.90. The van der Waals surface area contributed by atoms with Gasteiger partial charge in [0.05, 0.1) is 0 Å². The molecule has 0 N–H and O–H groups in total. The predicted octanol–water partition coefficient (Wildman–Crippen LogP) is 7.48. The van der Waals surface area contributed by atoms with Gasteiger partial charge in [-0.25, -0.2) is 12.1 Å². The van der Waals surface area contributed by atoms with E-state index in [0.717, 1.165) is 27.2 Å². The van der Waals surface area contributed by atoms with Crippen molar-refractivity contribution in [2.45, 2.75) is 58.8 Å². The second kappa shape index (κ2) is 17.5. The molecule has 0 spiro atoms. The Morgan fingerprint density at radius 2 is 1.10 bits per heavy atom. The van der Waals surface area contributed by atoms with Gasteiger partial charge in [-0.2, -0.15) is 42.0 Å². The molecule has 7 aromatic rings. The van der Waals surface area contributed by atoms with Gasteiger partial charge in [-0.3, -0.25) is 0 Å². The average molecular weight is 840 g/mol. The van der Waals surface area contributed by atoms with Crippen LogP contribution in [0.15, 0.2) is 133 Å². The van der Waals surface area contributed by atoms with Gasteiger partial charge in [0, 0.05) is 0 Å². The first-order chi connectivity index (χ1) is 23.8. The molecular formula is C47H42Cl4Zr-2. The van der Waals surface area contributed by atoms with Crippen LogP contribution in [0, 0.1) is 6.07 Å². The normalized spacial score (nSPS) is 11.6. The average Bonchev–Trinajstić information content (AvgIpc) is 3.79. The van der Waals surface area contributed by atoms with Crippen LogP contribution in [0.5, 0.6) is 0 Å². The molecule has 0 saturated heterocycles. The van der Waals surface area contributed by atoms with Crippen LogP contribution in [0.25, 0.3) is 32.7 Å². The zero-order chi connectivity index (χ0) is 35.6. The smallest absolute Gasteiger partial charge is 0.172 e. The molecule has 1 aliphatic carbocycles. The van der Waals surface area contributed by atoms with Crippen molar-refractivity contribution in [1.82, 2.24) is 0 Å². The maximum atomic E-state index is 6.38. The number of rotatable bonds is 2. The fourth-order valence-electron chi connectivity index (χ4n) is 6.47. The first kappa shape index (κ1) is 41.9. The minimum Gasteiger partial charge on any atom is -1.00 e. The zero-order valence-corrected chi connectivity index (χ0v) is 35.9. The van der Waals surface area contributed by atoms with Crippen molar-refractivity contribution in [3.05, 3.63) is 183 Å². The summed E-state index contributed by atoms with van der Waals surface area (Å²) in [6.07, 6.45) is 1.03. The monoisotopic (exact) mass is 836 g/mol. The van der Waals surface area contributed by atoms with Crippen molar-refractivity contribution < 1.29 is 49.0 Å². The molecule has 0 saturated carbocycles. The van der Waals surface area contributed by atoms with Crippen molar-refractivity contribution >= 4 is 48.0 Å². The van der Waals surface area contributed by atoms with Gasteiger partial charge in [-0.15, -0.1) is 11.1 Å². The summed E-state index contributed by atoms with van der Waals surface area (Å²) >= 11 is 14.1. The fraction of sp³-hybridized carbons (Fsp3) is 0.191. The molecule has 0 nitrogen and oxygen atoms in total. The fourth-order valence-corrected chi connectivity index (χ4v) is 8.02. The summed E-state index contributed by atoms with van der Waals surface area (Å²) < 4.78 is 1.31. The van der Waals surface area contributed by atoms with Crippen LogP contribution in [0.2, 0.25) is 10.0 Å². The molecule has 52 heavy (non-hydrogen) atoms. The predicted molar refractivity (Wildman–Crippen MR) is 214 cm³/mol. The SMILES string of the molecule is CC(C)(C)c1[c-]c2c(cc1)-c1ccc(C(C)(C)C)cc1C2.Clc1cccc2c([C](=[Zr+2])c3cccc4c(Cl)cccc34)cccc12.[Cl-].[Cl-].c1cc[cH-]c1. The molecule has 264 valence electrons. The second-order valence-corrected chi connectivity index (χ2v) is 17.0. The van der Waals surface area contributed by atoms with E-state index < -0.39 is 0 Å². The van der Waals surface area contributed by atoms with Gasteiger partial charge in [0.1, 0.15) is 0 Å². The van der Waals surface area contributed by atoms with Crippen molar-refractivity contribution in [1.29, 1.82) is 0 Å². The molecule has 5 heteroatoms. The first-order valence-corrected chi connectivity index (χ1v) is 19.1. The van der Waals surface area contributed by atoms with Crippen molar-refractivity contribution in [2.75, 3.05) is 0 Å². The molecule has 8 rings (SSSR count). The van der Waals surface area contributed by atoms with E-state index in [-0.39, 0.29) is 35.6 Å².